The first-order valence-corrected chi connectivity index (χ1v) is 5.88. The summed E-state index contributed by atoms with van der Waals surface area (Å²) in [5, 5.41) is 9.97. The molecule has 1 N–H and O–H groups in total. The summed E-state index contributed by atoms with van der Waals surface area (Å²) in [6.45, 7) is 5.16. The number of nitrogens with zero attached hydrogens (tertiary/aromatic N) is 1. The molecule has 90 valence electrons. The first-order valence-electron chi connectivity index (χ1n) is 5.88. The summed E-state index contributed by atoms with van der Waals surface area (Å²) in [6.07, 6.45) is 1.37. The van der Waals surface area contributed by atoms with E-state index in [1.54, 1.807) is 0 Å². The van der Waals surface area contributed by atoms with Gasteiger partial charge in [0.2, 0.25) is 0 Å². The van der Waals surface area contributed by atoms with E-state index in [2.05, 4.69) is 36.9 Å². The second-order valence-electron chi connectivity index (χ2n) is 4.82. The molecule has 1 aromatic rings. The quantitative estimate of drug-likeness (QED) is 0.823. The van der Waals surface area contributed by atoms with Crippen LogP contribution in [0.5, 0.6) is 0 Å². The summed E-state index contributed by atoms with van der Waals surface area (Å²) < 4.78 is 0. The molecule has 2 nitrogen and oxygen atoms in total. The van der Waals surface area contributed by atoms with E-state index in [9.17, 15) is 5.11 Å². The maximum atomic E-state index is 9.97. The molecule has 0 saturated heterocycles. The van der Waals surface area contributed by atoms with Gasteiger partial charge in [0.25, 0.3) is 0 Å². The summed E-state index contributed by atoms with van der Waals surface area (Å²) in [5.74, 6) is 0. The van der Waals surface area contributed by atoms with Gasteiger partial charge in [-0.15, -0.1) is 0 Å². The molecule has 0 aliphatic carbocycles. The Morgan fingerprint density at radius 1 is 1.19 bits per heavy atom. The molecular formula is C14H23NO. The summed E-state index contributed by atoms with van der Waals surface area (Å²) >= 11 is 0. The average Bonchev–Trinajstić information content (AvgIpc) is 2.21. The van der Waals surface area contributed by atoms with E-state index >= 15 is 0 Å². The number of aliphatic hydroxyl groups excluding tert-OH is 1. The second-order valence-corrected chi connectivity index (χ2v) is 4.82. The number of aliphatic hydroxyl groups is 1. The molecule has 0 aromatic heterocycles. The smallest absolute Gasteiger partial charge is 0.0592 e. The van der Waals surface area contributed by atoms with Crippen molar-refractivity contribution in [1.29, 1.82) is 0 Å². The van der Waals surface area contributed by atoms with Crippen molar-refractivity contribution in [3.8, 4) is 0 Å². The highest BCUT2D eigenvalue weighted by Gasteiger charge is 2.09. The fraction of sp³-hybridized carbons (Fsp3) is 0.571. The minimum atomic E-state index is -0.234. The van der Waals surface area contributed by atoms with Gasteiger partial charge < -0.3 is 10.0 Å². The van der Waals surface area contributed by atoms with Crippen LogP contribution in [0, 0.1) is 13.8 Å². The molecule has 16 heavy (non-hydrogen) atoms. The topological polar surface area (TPSA) is 23.5 Å². The molecule has 1 atom stereocenters. The van der Waals surface area contributed by atoms with Gasteiger partial charge in [0.1, 0.15) is 0 Å². The molecule has 0 spiro atoms. The highest BCUT2D eigenvalue weighted by Crippen LogP contribution is 2.16. The van der Waals surface area contributed by atoms with E-state index in [1.165, 1.54) is 16.7 Å². The van der Waals surface area contributed by atoms with Crippen LogP contribution in [0.1, 0.15) is 23.1 Å². The Morgan fingerprint density at radius 2 is 1.75 bits per heavy atom. The fourth-order valence-corrected chi connectivity index (χ4v) is 1.92. The molecule has 1 aromatic carbocycles. The van der Waals surface area contributed by atoms with Crippen LogP contribution in [-0.2, 0) is 6.42 Å². The van der Waals surface area contributed by atoms with E-state index in [0.717, 1.165) is 19.4 Å². The van der Waals surface area contributed by atoms with Gasteiger partial charge in [0, 0.05) is 0 Å². The molecule has 1 rings (SSSR count). The van der Waals surface area contributed by atoms with Crippen LogP contribution >= 0.6 is 0 Å². The lowest BCUT2D eigenvalue weighted by Crippen LogP contribution is -2.21. The molecule has 1 unspecified atom stereocenters. The van der Waals surface area contributed by atoms with Crippen molar-refractivity contribution in [2.75, 3.05) is 20.6 Å². The van der Waals surface area contributed by atoms with Crippen molar-refractivity contribution in [1.82, 2.24) is 4.90 Å². The van der Waals surface area contributed by atoms with Crippen LogP contribution in [0.15, 0.2) is 18.2 Å². The largest absolute Gasteiger partial charge is 0.393 e. The molecular weight excluding hydrogens is 198 g/mol. The van der Waals surface area contributed by atoms with Crippen LogP contribution in [-0.4, -0.2) is 36.8 Å². The van der Waals surface area contributed by atoms with Gasteiger partial charge in [0.05, 0.1) is 6.10 Å². The maximum absolute atomic E-state index is 9.97. The molecule has 0 aliphatic rings. The van der Waals surface area contributed by atoms with Gasteiger partial charge in [-0.05, 0) is 64.0 Å². The molecule has 2 heteroatoms. The minimum Gasteiger partial charge on any atom is -0.393 e. The second kappa shape index (κ2) is 6.02. The molecule has 0 fully saturated rings. The average molecular weight is 221 g/mol. The third kappa shape index (κ3) is 3.95. The molecule has 0 aliphatic heterocycles. The van der Waals surface area contributed by atoms with Crippen LogP contribution in [0.25, 0.3) is 0 Å². The van der Waals surface area contributed by atoms with Gasteiger partial charge in [-0.1, -0.05) is 18.2 Å². The van der Waals surface area contributed by atoms with Crippen molar-refractivity contribution in [2.24, 2.45) is 0 Å². The van der Waals surface area contributed by atoms with Gasteiger partial charge in [-0.25, -0.2) is 0 Å². The van der Waals surface area contributed by atoms with E-state index in [-0.39, 0.29) is 6.10 Å². The number of rotatable bonds is 5. The number of hydrogen-bond donors (Lipinski definition) is 1. The van der Waals surface area contributed by atoms with Gasteiger partial charge in [-0.2, -0.15) is 0 Å². The lowest BCUT2D eigenvalue weighted by atomic mass is 9.96. The Kier molecular flexibility index (Phi) is 4.97. The van der Waals surface area contributed by atoms with E-state index in [0.29, 0.717) is 0 Å². The fourth-order valence-electron chi connectivity index (χ4n) is 1.92. The van der Waals surface area contributed by atoms with Crippen LogP contribution in [0.2, 0.25) is 0 Å². The first kappa shape index (κ1) is 13.2. The SMILES string of the molecule is Cc1cccc(C)c1CC(O)CCN(C)C. The standard InChI is InChI=1S/C14H23NO/c1-11-6-5-7-12(2)14(11)10-13(16)8-9-15(3)4/h5-7,13,16H,8-10H2,1-4H3. The van der Waals surface area contributed by atoms with E-state index < -0.39 is 0 Å². The number of hydrogen-bond acceptors (Lipinski definition) is 2. The highest BCUT2D eigenvalue weighted by molar-refractivity contribution is 5.33. The zero-order chi connectivity index (χ0) is 12.1. The lowest BCUT2D eigenvalue weighted by Gasteiger charge is -2.16. The Morgan fingerprint density at radius 3 is 2.25 bits per heavy atom. The Hall–Kier alpha value is -0.860. The zero-order valence-corrected chi connectivity index (χ0v) is 10.8. The van der Waals surface area contributed by atoms with E-state index in [4.69, 9.17) is 0 Å². The van der Waals surface area contributed by atoms with Crippen molar-refractivity contribution in [2.45, 2.75) is 32.8 Å². The molecule has 0 amide bonds. The monoisotopic (exact) mass is 221 g/mol. The molecule has 0 radical (unpaired) electrons. The number of aryl methyl sites for hydroxylation is 2. The van der Waals surface area contributed by atoms with Gasteiger partial charge >= 0.3 is 0 Å². The Labute approximate surface area is 98.9 Å². The van der Waals surface area contributed by atoms with Crippen LogP contribution in [0.3, 0.4) is 0 Å². The van der Waals surface area contributed by atoms with E-state index in [1.807, 2.05) is 14.1 Å². The van der Waals surface area contributed by atoms with Gasteiger partial charge in [-0.3, -0.25) is 0 Å². The van der Waals surface area contributed by atoms with Crippen molar-refractivity contribution < 1.29 is 5.11 Å². The highest BCUT2D eigenvalue weighted by atomic mass is 16.3. The predicted molar refractivity (Wildman–Crippen MR) is 68.8 cm³/mol. The summed E-state index contributed by atoms with van der Waals surface area (Å²) in [7, 11) is 4.07. The Bertz CT molecular complexity index is 313. The molecule has 0 saturated carbocycles. The normalized spacial score (nSPS) is 13.1. The first-order chi connectivity index (χ1) is 7.50. The van der Waals surface area contributed by atoms with Gasteiger partial charge in [0.15, 0.2) is 0 Å². The van der Waals surface area contributed by atoms with Crippen molar-refractivity contribution in [3.05, 3.63) is 34.9 Å². The van der Waals surface area contributed by atoms with Crippen molar-refractivity contribution in [3.63, 3.8) is 0 Å². The third-order valence-electron chi connectivity index (χ3n) is 2.99. The Balaban J connectivity index is 2.59. The summed E-state index contributed by atoms with van der Waals surface area (Å²) in [6, 6.07) is 6.29. The lowest BCUT2D eigenvalue weighted by molar-refractivity contribution is 0.152. The maximum Gasteiger partial charge on any atom is 0.0592 e. The molecule has 0 bridgehead atoms. The minimum absolute atomic E-state index is 0.234. The third-order valence-corrected chi connectivity index (χ3v) is 2.99. The summed E-state index contributed by atoms with van der Waals surface area (Å²) in [4.78, 5) is 2.11. The summed E-state index contributed by atoms with van der Waals surface area (Å²) in [5.41, 5.74) is 3.86. The predicted octanol–water partition coefficient (Wildman–Crippen LogP) is 2.16. The zero-order valence-electron chi connectivity index (χ0n) is 10.8. The van der Waals surface area contributed by atoms with Crippen LogP contribution < -0.4 is 0 Å². The number of benzene rings is 1. The molecule has 0 heterocycles. The van der Waals surface area contributed by atoms with Crippen molar-refractivity contribution >= 4 is 0 Å². The van der Waals surface area contributed by atoms with Crippen LogP contribution in [0.4, 0.5) is 0 Å².